The number of benzene rings is 2. The standard InChI is InChI=1S/C22H25BrN2/c1-5-11-25-21-10-9-17(12-20(21)16(2)14-22(25,3)4)15-24-19-8-6-7-18(23)13-19/h6-10,12-15H,5,11H2,1-4H3. The molecule has 0 saturated carbocycles. The summed E-state index contributed by atoms with van der Waals surface area (Å²) in [7, 11) is 0. The molecule has 0 aromatic heterocycles. The molecule has 0 bridgehead atoms. The van der Waals surface area contributed by atoms with Crippen LogP contribution in [0.5, 0.6) is 0 Å². The third kappa shape index (κ3) is 3.87. The molecule has 3 rings (SSSR count). The number of nitrogens with zero attached hydrogens (tertiary/aromatic N) is 2. The van der Waals surface area contributed by atoms with Gasteiger partial charge < -0.3 is 4.90 Å². The van der Waals surface area contributed by atoms with Gasteiger partial charge in [0.25, 0.3) is 0 Å². The van der Waals surface area contributed by atoms with E-state index in [1.54, 1.807) is 0 Å². The fraction of sp³-hybridized carbons (Fsp3) is 0.318. The van der Waals surface area contributed by atoms with Crippen LogP contribution >= 0.6 is 15.9 Å². The lowest BCUT2D eigenvalue weighted by Crippen LogP contribution is -2.45. The summed E-state index contributed by atoms with van der Waals surface area (Å²) < 4.78 is 1.05. The highest BCUT2D eigenvalue weighted by Gasteiger charge is 2.30. The van der Waals surface area contributed by atoms with Gasteiger partial charge >= 0.3 is 0 Å². The van der Waals surface area contributed by atoms with Crippen molar-refractivity contribution in [2.75, 3.05) is 11.4 Å². The molecular formula is C22H25BrN2. The minimum atomic E-state index is 0.0546. The van der Waals surface area contributed by atoms with Gasteiger partial charge in [-0.1, -0.05) is 41.1 Å². The van der Waals surface area contributed by atoms with Gasteiger partial charge in [0.2, 0.25) is 0 Å². The first kappa shape index (κ1) is 17.9. The van der Waals surface area contributed by atoms with Gasteiger partial charge in [0.05, 0.1) is 11.2 Å². The van der Waals surface area contributed by atoms with E-state index in [0.717, 1.165) is 28.7 Å². The average molecular weight is 397 g/mol. The molecule has 1 aliphatic heterocycles. The van der Waals surface area contributed by atoms with Crippen molar-refractivity contribution < 1.29 is 0 Å². The van der Waals surface area contributed by atoms with Crippen molar-refractivity contribution in [1.29, 1.82) is 0 Å². The zero-order valence-corrected chi connectivity index (χ0v) is 17.0. The molecule has 0 saturated heterocycles. The van der Waals surface area contributed by atoms with Crippen molar-refractivity contribution in [3.63, 3.8) is 0 Å². The second kappa shape index (κ2) is 7.17. The highest BCUT2D eigenvalue weighted by atomic mass is 79.9. The van der Waals surface area contributed by atoms with E-state index in [0.29, 0.717) is 0 Å². The second-order valence-electron chi connectivity index (χ2n) is 7.15. The Balaban J connectivity index is 1.95. The van der Waals surface area contributed by atoms with Crippen LogP contribution in [0.15, 0.2) is 58.0 Å². The molecule has 2 aromatic rings. The second-order valence-corrected chi connectivity index (χ2v) is 8.06. The van der Waals surface area contributed by atoms with Gasteiger partial charge in [0.1, 0.15) is 0 Å². The molecule has 25 heavy (non-hydrogen) atoms. The van der Waals surface area contributed by atoms with E-state index >= 15 is 0 Å². The predicted molar refractivity (Wildman–Crippen MR) is 113 cm³/mol. The van der Waals surface area contributed by atoms with Crippen LogP contribution in [0.3, 0.4) is 0 Å². The lowest BCUT2D eigenvalue weighted by Gasteiger charge is -2.43. The monoisotopic (exact) mass is 396 g/mol. The van der Waals surface area contributed by atoms with Crippen molar-refractivity contribution in [3.05, 3.63) is 64.1 Å². The molecule has 0 N–H and O–H groups in total. The number of allylic oxidation sites excluding steroid dienone is 1. The third-order valence-corrected chi connectivity index (χ3v) is 5.11. The van der Waals surface area contributed by atoms with E-state index in [2.05, 4.69) is 77.8 Å². The van der Waals surface area contributed by atoms with Gasteiger partial charge in [0, 0.05) is 28.5 Å². The molecule has 1 aliphatic rings. The Hall–Kier alpha value is -1.87. The maximum atomic E-state index is 4.61. The molecule has 0 amide bonds. The summed E-state index contributed by atoms with van der Waals surface area (Å²) >= 11 is 3.49. The van der Waals surface area contributed by atoms with Crippen LogP contribution in [0.1, 0.15) is 45.2 Å². The summed E-state index contributed by atoms with van der Waals surface area (Å²) in [5.41, 5.74) is 6.11. The van der Waals surface area contributed by atoms with Crippen LogP contribution in [-0.2, 0) is 0 Å². The summed E-state index contributed by atoms with van der Waals surface area (Å²) in [5.74, 6) is 0. The molecule has 0 fully saturated rings. The summed E-state index contributed by atoms with van der Waals surface area (Å²) in [6.45, 7) is 10.1. The zero-order chi connectivity index (χ0) is 18.0. The van der Waals surface area contributed by atoms with E-state index in [9.17, 15) is 0 Å². The summed E-state index contributed by atoms with van der Waals surface area (Å²) in [6, 6.07) is 14.7. The topological polar surface area (TPSA) is 15.6 Å². The highest BCUT2D eigenvalue weighted by Crippen LogP contribution is 2.39. The van der Waals surface area contributed by atoms with Gasteiger partial charge in [0.15, 0.2) is 0 Å². The molecule has 0 atom stereocenters. The fourth-order valence-corrected chi connectivity index (χ4v) is 3.91. The van der Waals surface area contributed by atoms with Crippen LogP contribution in [0.4, 0.5) is 11.4 Å². The number of hydrogen-bond acceptors (Lipinski definition) is 2. The van der Waals surface area contributed by atoms with E-state index < -0.39 is 0 Å². The Morgan fingerprint density at radius 1 is 1.16 bits per heavy atom. The first-order chi connectivity index (χ1) is 11.9. The van der Waals surface area contributed by atoms with Crippen LogP contribution in [-0.4, -0.2) is 18.3 Å². The Labute approximate surface area is 159 Å². The average Bonchev–Trinajstić information content (AvgIpc) is 2.56. The van der Waals surface area contributed by atoms with E-state index in [4.69, 9.17) is 0 Å². The molecule has 0 spiro atoms. The summed E-state index contributed by atoms with van der Waals surface area (Å²) in [6.07, 6.45) is 5.46. The Bertz CT molecular complexity index is 834. The molecular weight excluding hydrogens is 372 g/mol. The SMILES string of the molecule is CCCN1c2ccc(C=Nc3cccc(Br)c3)cc2C(C)=CC1(C)C. The number of aliphatic imine (C=N–C) groups is 1. The van der Waals surface area contributed by atoms with E-state index in [1.165, 1.54) is 16.8 Å². The summed E-state index contributed by atoms with van der Waals surface area (Å²) in [5, 5.41) is 0. The lowest BCUT2D eigenvalue weighted by molar-refractivity contribution is 0.550. The molecule has 0 radical (unpaired) electrons. The van der Waals surface area contributed by atoms with Gasteiger partial charge in [-0.15, -0.1) is 0 Å². The highest BCUT2D eigenvalue weighted by molar-refractivity contribution is 9.10. The predicted octanol–water partition coefficient (Wildman–Crippen LogP) is 6.61. The molecule has 2 aromatic carbocycles. The lowest BCUT2D eigenvalue weighted by atomic mass is 9.88. The third-order valence-electron chi connectivity index (χ3n) is 4.62. The molecule has 130 valence electrons. The Kier molecular flexibility index (Phi) is 5.14. The van der Waals surface area contributed by atoms with Crippen LogP contribution in [0.25, 0.3) is 5.57 Å². The van der Waals surface area contributed by atoms with E-state index in [1.807, 2.05) is 30.5 Å². The van der Waals surface area contributed by atoms with Gasteiger partial charge in [-0.3, -0.25) is 4.99 Å². The maximum Gasteiger partial charge on any atom is 0.0641 e. The van der Waals surface area contributed by atoms with Crippen LogP contribution in [0, 0.1) is 0 Å². The molecule has 3 heteroatoms. The van der Waals surface area contributed by atoms with E-state index in [-0.39, 0.29) is 5.54 Å². The minimum absolute atomic E-state index is 0.0546. The number of hydrogen-bond donors (Lipinski definition) is 0. The van der Waals surface area contributed by atoms with Crippen molar-refractivity contribution in [3.8, 4) is 0 Å². The first-order valence-corrected chi connectivity index (χ1v) is 9.61. The smallest absolute Gasteiger partial charge is 0.0641 e. The largest absolute Gasteiger partial charge is 0.362 e. The quantitative estimate of drug-likeness (QED) is 0.530. The van der Waals surface area contributed by atoms with Crippen molar-refractivity contribution in [2.24, 2.45) is 4.99 Å². The fourth-order valence-electron chi connectivity index (χ4n) is 3.52. The normalized spacial score (nSPS) is 16.0. The van der Waals surface area contributed by atoms with Gasteiger partial charge in [-0.05, 0) is 68.7 Å². The number of rotatable bonds is 4. The van der Waals surface area contributed by atoms with Gasteiger partial charge in [-0.2, -0.15) is 0 Å². The number of anilines is 1. The van der Waals surface area contributed by atoms with Crippen molar-refractivity contribution in [1.82, 2.24) is 0 Å². The Morgan fingerprint density at radius 2 is 1.96 bits per heavy atom. The maximum absolute atomic E-state index is 4.61. The molecule has 1 heterocycles. The van der Waals surface area contributed by atoms with Crippen molar-refractivity contribution in [2.45, 2.75) is 39.7 Å². The van der Waals surface area contributed by atoms with Crippen LogP contribution < -0.4 is 4.90 Å². The van der Waals surface area contributed by atoms with Gasteiger partial charge in [-0.25, -0.2) is 0 Å². The zero-order valence-electron chi connectivity index (χ0n) is 15.4. The van der Waals surface area contributed by atoms with Crippen molar-refractivity contribution >= 4 is 39.1 Å². The number of halogens is 1. The molecule has 0 aliphatic carbocycles. The minimum Gasteiger partial charge on any atom is -0.362 e. The Morgan fingerprint density at radius 3 is 2.68 bits per heavy atom. The first-order valence-electron chi connectivity index (χ1n) is 8.82. The number of fused-ring (bicyclic) bond motifs is 1. The molecule has 0 unspecified atom stereocenters. The summed E-state index contributed by atoms with van der Waals surface area (Å²) in [4.78, 5) is 7.11. The van der Waals surface area contributed by atoms with Crippen LogP contribution in [0.2, 0.25) is 0 Å². The molecule has 2 nitrogen and oxygen atoms in total.